The number of thiazole rings is 1. The molecule has 5 nitrogen and oxygen atoms in total. The molecule has 2 aromatic heterocycles. The van der Waals surface area contributed by atoms with E-state index in [2.05, 4.69) is 29.2 Å². The maximum Gasteiger partial charge on any atom is 0.273 e. The van der Waals surface area contributed by atoms with Crippen molar-refractivity contribution in [1.29, 1.82) is 0 Å². The van der Waals surface area contributed by atoms with Gasteiger partial charge < -0.3 is 14.4 Å². The van der Waals surface area contributed by atoms with Crippen molar-refractivity contribution in [3.8, 4) is 5.13 Å². The number of hydrogen-bond acceptors (Lipinski definition) is 4. The van der Waals surface area contributed by atoms with Crippen LogP contribution in [0, 0.1) is 5.92 Å². The van der Waals surface area contributed by atoms with Crippen LogP contribution in [0.25, 0.3) is 5.13 Å². The molecule has 1 amide bonds. The molecule has 2 fully saturated rings. The molecule has 174 valence electrons. The van der Waals surface area contributed by atoms with Gasteiger partial charge in [-0.15, -0.1) is 11.3 Å². The molecule has 0 spiro atoms. The first kappa shape index (κ1) is 22.4. The smallest absolute Gasteiger partial charge is 0.273 e. The second-order valence-electron chi connectivity index (χ2n) is 9.53. The van der Waals surface area contributed by atoms with E-state index in [1.807, 2.05) is 47.1 Å². The highest BCUT2D eigenvalue weighted by molar-refractivity contribution is 7.14. The van der Waals surface area contributed by atoms with Crippen LogP contribution in [0.1, 0.15) is 53.0 Å². The van der Waals surface area contributed by atoms with Crippen molar-refractivity contribution in [1.82, 2.24) is 19.4 Å². The number of benzene rings is 1. The Morgan fingerprint density at radius 1 is 1.03 bits per heavy atom. The van der Waals surface area contributed by atoms with Crippen LogP contribution in [0.5, 0.6) is 0 Å². The van der Waals surface area contributed by atoms with Gasteiger partial charge in [-0.2, -0.15) is 0 Å². The zero-order valence-electron chi connectivity index (χ0n) is 19.5. The van der Waals surface area contributed by atoms with E-state index in [-0.39, 0.29) is 5.91 Å². The normalized spacial score (nSPS) is 21.0. The van der Waals surface area contributed by atoms with Crippen molar-refractivity contribution in [2.75, 3.05) is 26.7 Å². The minimum atomic E-state index is 0.0700. The van der Waals surface area contributed by atoms with E-state index in [9.17, 15) is 4.79 Å². The predicted molar refractivity (Wildman–Crippen MR) is 134 cm³/mol. The van der Waals surface area contributed by atoms with Gasteiger partial charge in [-0.3, -0.25) is 4.79 Å². The molecule has 0 bridgehead atoms. The van der Waals surface area contributed by atoms with Crippen LogP contribution in [0.4, 0.5) is 0 Å². The van der Waals surface area contributed by atoms with Crippen LogP contribution >= 0.6 is 11.3 Å². The Morgan fingerprint density at radius 2 is 1.82 bits per heavy atom. The van der Waals surface area contributed by atoms with E-state index in [1.54, 1.807) is 11.3 Å². The van der Waals surface area contributed by atoms with E-state index in [1.165, 1.54) is 50.8 Å². The highest BCUT2D eigenvalue weighted by Crippen LogP contribution is 2.32. The predicted octanol–water partition coefficient (Wildman–Crippen LogP) is 5.06. The minimum Gasteiger partial charge on any atom is -0.340 e. The third-order valence-electron chi connectivity index (χ3n) is 7.28. The Kier molecular flexibility index (Phi) is 6.93. The zero-order chi connectivity index (χ0) is 22.6. The molecule has 6 heteroatoms. The second kappa shape index (κ2) is 10.2. The SMILES string of the molecule is CN(C[C@@H]1CCCN2CCCC[C@H]12)C(=O)c1nc(-n2cccc2)sc1CCc1ccccc1. The molecule has 5 rings (SSSR count). The highest BCUT2D eigenvalue weighted by Gasteiger charge is 2.34. The number of aromatic nitrogens is 2. The summed E-state index contributed by atoms with van der Waals surface area (Å²) in [6.45, 7) is 3.29. The number of rotatable bonds is 7. The number of amides is 1. The van der Waals surface area contributed by atoms with E-state index in [4.69, 9.17) is 4.98 Å². The molecule has 33 heavy (non-hydrogen) atoms. The van der Waals surface area contributed by atoms with Crippen molar-refractivity contribution in [3.63, 3.8) is 0 Å². The lowest BCUT2D eigenvalue weighted by Gasteiger charge is -2.45. The molecule has 2 aliphatic rings. The van der Waals surface area contributed by atoms with Gasteiger partial charge in [-0.25, -0.2) is 4.98 Å². The molecule has 0 radical (unpaired) electrons. The number of carbonyl (C=O) groups is 1. The fourth-order valence-electron chi connectivity index (χ4n) is 5.56. The first-order valence-electron chi connectivity index (χ1n) is 12.4. The Labute approximate surface area is 201 Å². The van der Waals surface area contributed by atoms with Crippen molar-refractivity contribution < 1.29 is 4.79 Å². The zero-order valence-corrected chi connectivity index (χ0v) is 20.3. The molecule has 2 atom stereocenters. The molecule has 0 N–H and O–H groups in total. The molecule has 3 aromatic rings. The number of hydrogen-bond donors (Lipinski definition) is 0. The number of piperidine rings is 2. The lowest BCUT2D eigenvalue weighted by Crippen LogP contribution is -2.51. The van der Waals surface area contributed by atoms with Crippen LogP contribution < -0.4 is 0 Å². The summed E-state index contributed by atoms with van der Waals surface area (Å²) in [5.41, 5.74) is 1.93. The van der Waals surface area contributed by atoms with Gasteiger partial charge in [0.15, 0.2) is 5.13 Å². The summed E-state index contributed by atoms with van der Waals surface area (Å²) in [5.74, 6) is 0.643. The standard InChI is InChI=1S/C27H34N4OS/c1-29(20-22-12-9-19-30-16-6-5-13-23(22)30)26(32)25-24(15-14-21-10-3-2-4-11-21)33-27(28-25)31-17-7-8-18-31/h2-4,7-8,10-11,17-18,22-23H,5-6,9,12-16,19-20H2,1H3/t22-,23+/m0/s1. The summed E-state index contributed by atoms with van der Waals surface area (Å²) in [5, 5.41) is 0.871. The topological polar surface area (TPSA) is 41.4 Å². The second-order valence-corrected chi connectivity index (χ2v) is 10.6. The van der Waals surface area contributed by atoms with Gasteiger partial charge in [0.1, 0.15) is 5.69 Å². The Balaban J connectivity index is 1.34. The molecule has 0 aliphatic carbocycles. The first-order valence-corrected chi connectivity index (χ1v) is 13.2. The third kappa shape index (κ3) is 5.07. The number of carbonyl (C=O) groups excluding carboxylic acids is 1. The van der Waals surface area contributed by atoms with Crippen molar-refractivity contribution in [2.45, 2.75) is 51.0 Å². The molecule has 1 aromatic carbocycles. The quantitative estimate of drug-likeness (QED) is 0.493. The Hall–Kier alpha value is -2.44. The summed E-state index contributed by atoms with van der Waals surface area (Å²) in [4.78, 5) is 24.2. The van der Waals surface area contributed by atoms with Crippen LogP contribution in [0.3, 0.4) is 0 Å². The molecule has 4 heterocycles. The van der Waals surface area contributed by atoms with Gasteiger partial charge in [0.05, 0.1) is 0 Å². The first-order chi connectivity index (χ1) is 16.2. The average Bonchev–Trinajstić information content (AvgIpc) is 3.53. The maximum absolute atomic E-state index is 13.6. The van der Waals surface area contributed by atoms with Gasteiger partial charge in [-0.1, -0.05) is 36.8 Å². The number of nitrogens with zero attached hydrogens (tertiary/aromatic N) is 4. The summed E-state index contributed by atoms with van der Waals surface area (Å²) in [6.07, 6.45) is 12.1. The van der Waals surface area contributed by atoms with Crippen molar-refractivity contribution in [2.24, 2.45) is 5.92 Å². The average molecular weight is 463 g/mol. The molecule has 2 saturated heterocycles. The Bertz CT molecular complexity index is 1040. The number of aryl methyl sites for hydroxylation is 2. The molecule has 2 aliphatic heterocycles. The van der Waals surface area contributed by atoms with E-state index >= 15 is 0 Å². The lowest BCUT2D eigenvalue weighted by atomic mass is 9.83. The van der Waals surface area contributed by atoms with E-state index in [0.717, 1.165) is 29.4 Å². The number of fused-ring (bicyclic) bond motifs is 1. The van der Waals surface area contributed by atoms with Crippen LogP contribution in [-0.4, -0.2) is 58.0 Å². The van der Waals surface area contributed by atoms with Crippen LogP contribution in [-0.2, 0) is 12.8 Å². The van der Waals surface area contributed by atoms with E-state index in [0.29, 0.717) is 17.7 Å². The summed E-state index contributed by atoms with van der Waals surface area (Å²) < 4.78 is 2.01. The highest BCUT2D eigenvalue weighted by atomic mass is 32.1. The van der Waals surface area contributed by atoms with Crippen molar-refractivity contribution in [3.05, 3.63) is 71.0 Å². The molecule has 0 saturated carbocycles. The molecular formula is C27H34N4OS. The van der Waals surface area contributed by atoms with Gasteiger partial charge in [0.2, 0.25) is 0 Å². The van der Waals surface area contributed by atoms with E-state index < -0.39 is 0 Å². The van der Waals surface area contributed by atoms with Gasteiger partial charge in [-0.05, 0) is 75.2 Å². The third-order valence-corrected chi connectivity index (χ3v) is 8.41. The van der Waals surface area contributed by atoms with Gasteiger partial charge in [0.25, 0.3) is 5.91 Å². The summed E-state index contributed by atoms with van der Waals surface area (Å²) in [7, 11) is 1.97. The lowest BCUT2D eigenvalue weighted by molar-refractivity contribution is 0.0401. The monoisotopic (exact) mass is 462 g/mol. The molecule has 0 unspecified atom stereocenters. The van der Waals surface area contributed by atoms with Crippen LogP contribution in [0.2, 0.25) is 0 Å². The summed E-state index contributed by atoms with van der Waals surface area (Å²) in [6, 6.07) is 15.1. The fourth-order valence-corrected chi connectivity index (χ4v) is 6.57. The van der Waals surface area contributed by atoms with Crippen molar-refractivity contribution >= 4 is 17.2 Å². The van der Waals surface area contributed by atoms with Crippen LogP contribution in [0.15, 0.2) is 54.9 Å². The molecular weight excluding hydrogens is 428 g/mol. The summed E-state index contributed by atoms with van der Waals surface area (Å²) >= 11 is 1.64. The van der Waals surface area contributed by atoms with Gasteiger partial charge >= 0.3 is 0 Å². The Morgan fingerprint density at radius 3 is 2.64 bits per heavy atom. The maximum atomic E-state index is 13.6. The largest absolute Gasteiger partial charge is 0.340 e. The fraction of sp³-hybridized carbons (Fsp3) is 0.481. The van der Waals surface area contributed by atoms with Gasteiger partial charge in [0, 0.05) is 36.9 Å². The minimum absolute atomic E-state index is 0.0700.